The van der Waals surface area contributed by atoms with Gasteiger partial charge in [-0.1, -0.05) is 6.07 Å². The predicted molar refractivity (Wildman–Crippen MR) is 124 cm³/mol. The monoisotopic (exact) mass is 555 g/mol. The van der Waals surface area contributed by atoms with E-state index < -0.39 is 66.2 Å². The molecule has 0 radical (unpaired) electrons. The van der Waals surface area contributed by atoms with E-state index in [9.17, 15) is 32.3 Å². The highest BCUT2D eigenvalue weighted by molar-refractivity contribution is 5.98. The van der Waals surface area contributed by atoms with Crippen molar-refractivity contribution in [2.75, 3.05) is 25.6 Å². The van der Waals surface area contributed by atoms with Gasteiger partial charge in [0.2, 0.25) is 23.6 Å². The smallest absolute Gasteiger partial charge is 0.481 e. The minimum absolute atomic E-state index is 0.132. The number of carbonyl (C=O) groups excluding carboxylic acids is 3. The van der Waals surface area contributed by atoms with E-state index in [-0.39, 0.29) is 5.92 Å². The number of nitrogens with one attached hydrogen (secondary N) is 2. The van der Waals surface area contributed by atoms with Gasteiger partial charge in [0.1, 0.15) is 5.56 Å². The topological polar surface area (TPSA) is 179 Å². The molecule has 1 aliphatic heterocycles. The Balaban J connectivity index is 1.91. The molecule has 13 nitrogen and oxygen atoms in total. The average molecular weight is 555 g/mol. The Kier molecular flexibility index (Phi) is 9.70. The number of aliphatic carboxylic acids is 1. The lowest BCUT2D eigenvalue weighted by Crippen LogP contribution is -2.37. The van der Waals surface area contributed by atoms with Gasteiger partial charge >= 0.3 is 18.1 Å². The lowest BCUT2D eigenvalue weighted by atomic mass is 9.87. The maximum absolute atomic E-state index is 13.3. The highest BCUT2D eigenvalue weighted by Crippen LogP contribution is 2.31. The van der Waals surface area contributed by atoms with Crippen LogP contribution in [-0.2, 0) is 19.1 Å². The van der Waals surface area contributed by atoms with Crippen LogP contribution in [0.25, 0.3) is 0 Å². The van der Waals surface area contributed by atoms with E-state index in [1.54, 1.807) is 12.1 Å². The van der Waals surface area contributed by atoms with Gasteiger partial charge in [0.15, 0.2) is 0 Å². The van der Waals surface area contributed by atoms with Crippen molar-refractivity contribution >= 4 is 29.7 Å². The first-order valence-corrected chi connectivity index (χ1v) is 11.5. The number of halogens is 3. The molecule has 1 aliphatic rings. The van der Waals surface area contributed by atoms with Crippen molar-refractivity contribution in [1.82, 2.24) is 20.3 Å². The molecule has 2 amide bonds. The van der Waals surface area contributed by atoms with Gasteiger partial charge in [-0.3, -0.25) is 19.7 Å². The van der Waals surface area contributed by atoms with Crippen LogP contribution in [0.15, 0.2) is 24.5 Å². The Bertz CT molecular complexity index is 1200. The fraction of sp³-hybridized carbons (Fsp3) is 0.435. The highest BCUT2D eigenvalue weighted by Gasteiger charge is 2.42. The zero-order valence-corrected chi connectivity index (χ0v) is 20.5. The zero-order chi connectivity index (χ0) is 28.6. The SMILES string of the molecule is COc1ccc(C(NC(=O)c2cnc(NC(=O)CCC(=O)O)nc2OC(=O)C(F)(F)F)C2CCOCC2)cn1. The molecule has 3 N–H and O–H groups in total. The first-order valence-electron chi connectivity index (χ1n) is 11.5. The van der Waals surface area contributed by atoms with Crippen LogP contribution in [0.5, 0.6) is 11.8 Å². The van der Waals surface area contributed by atoms with Crippen LogP contribution in [0.3, 0.4) is 0 Å². The van der Waals surface area contributed by atoms with Crippen molar-refractivity contribution in [1.29, 1.82) is 0 Å². The fourth-order valence-electron chi connectivity index (χ4n) is 3.65. The number of pyridine rings is 1. The molecule has 0 aromatic carbocycles. The number of carboxylic acids is 1. The molecule has 1 fully saturated rings. The van der Waals surface area contributed by atoms with Crippen molar-refractivity contribution in [3.05, 3.63) is 35.7 Å². The van der Waals surface area contributed by atoms with Crippen LogP contribution in [0.4, 0.5) is 19.1 Å². The van der Waals surface area contributed by atoms with Crippen LogP contribution in [-0.4, -0.2) is 70.3 Å². The summed E-state index contributed by atoms with van der Waals surface area (Å²) in [5.41, 5.74) is -0.0391. The van der Waals surface area contributed by atoms with E-state index in [1.165, 1.54) is 13.3 Å². The number of nitrogens with zero attached hydrogens (tertiary/aromatic N) is 3. The molecule has 3 rings (SSSR count). The number of hydrogen-bond donors (Lipinski definition) is 3. The first kappa shape index (κ1) is 29.2. The second-order valence-electron chi connectivity index (χ2n) is 8.28. The molecule has 16 heteroatoms. The van der Waals surface area contributed by atoms with Crippen LogP contribution in [0, 0.1) is 5.92 Å². The third-order valence-corrected chi connectivity index (χ3v) is 5.59. The molecule has 2 aromatic rings. The summed E-state index contributed by atoms with van der Waals surface area (Å²) in [6.45, 7) is 0.850. The van der Waals surface area contributed by atoms with Crippen molar-refractivity contribution < 1.29 is 51.7 Å². The predicted octanol–water partition coefficient (Wildman–Crippen LogP) is 2.05. The molecule has 3 heterocycles. The van der Waals surface area contributed by atoms with E-state index >= 15 is 0 Å². The number of rotatable bonds is 10. The summed E-state index contributed by atoms with van der Waals surface area (Å²) in [6.07, 6.45) is -3.05. The number of anilines is 1. The lowest BCUT2D eigenvalue weighted by Gasteiger charge is -2.31. The summed E-state index contributed by atoms with van der Waals surface area (Å²) in [5, 5.41) is 13.5. The fourth-order valence-corrected chi connectivity index (χ4v) is 3.65. The normalized spacial score (nSPS) is 14.7. The third-order valence-electron chi connectivity index (χ3n) is 5.59. The molecule has 0 aliphatic carbocycles. The zero-order valence-electron chi connectivity index (χ0n) is 20.5. The van der Waals surface area contributed by atoms with Gasteiger partial charge < -0.3 is 24.6 Å². The number of hydrogen-bond acceptors (Lipinski definition) is 10. The molecule has 2 aromatic heterocycles. The van der Waals surface area contributed by atoms with Crippen LogP contribution < -0.4 is 20.1 Å². The molecule has 0 bridgehead atoms. The number of esters is 1. The molecular formula is C23H24F3N5O8. The van der Waals surface area contributed by atoms with Gasteiger partial charge in [-0.05, 0) is 24.3 Å². The summed E-state index contributed by atoms with van der Waals surface area (Å²) in [7, 11) is 1.43. The largest absolute Gasteiger partial charge is 0.491 e. The van der Waals surface area contributed by atoms with E-state index in [0.717, 1.165) is 6.20 Å². The number of alkyl halides is 3. The van der Waals surface area contributed by atoms with Crippen molar-refractivity contribution in [3.63, 3.8) is 0 Å². The molecule has 39 heavy (non-hydrogen) atoms. The summed E-state index contributed by atoms with van der Waals surface area (Å²) < 4.78 is 53.5. The first-order chi connectivity index (χ1) is 18.5. The maximum Gasteiger partial charge on any atom is 0.491 e. The van der Waals surface area contributed by atoms with Crippen molar-refractivity contribution in [3.8, 4) is 11.8 Å². The third kappa shape index (κ3) is 8.33. The minimum atomic E-state index is -5.41. The van der Waals surface area contributed by atoms with Gasteiger partial charge in [0, 0.05) is 38.1 Å². The Labute approximate surface area is 219 Å². The Morgan fingerprint density at radius 3 is 2.44 bits per heavy atom. The molecule has 1 atom stereocenters. The number of amides is 2. The van der Waals surface area contributed by atoms with Gasteiger partial charge in [-0.25, -0.2) is 14.8 Å². The van der Waals surface area contributed by atoms with Gasteiger partial charge in [-0.2, -0.15) is 18.2 Å². The summed E-state index contributed by atoms with van der Waals surface area (Å²) in [4.78, 5) is 58.8. The van der Waals surface area contributed by atoms with E-state index in [1.807, 2.05) is 0 Å². The summed E-state index contributed by atoms with van der Waals surface area (Å²) in [6, 6.07) is 2.58. The van der Waals surface area contributed by atoms with Gasteiger partial charge in [0.25, 0.3) is 5.91 Å². The minimum Gasteiger partial charge on any atom is -0.481 e. The number of methoxy groups -OCH3 is 1. The van der Waals surface area contributed by atoms with E-state index in [0.29, 0.717) is 37.5 Å². The maximum atomic E-state index is 13.3. The lowest BCUT2D eigenvalue weighted by molar-refractivity contribution is -0.190. The standard InChI is InChI=1S/C23H24F3N5O8/c1-37-16-4-2-13(10-27-16)18(12-6-8-38-9-7-12)30-19(35)14-11-28-22(29-15(32)3-5-17(33)34)31-20(14)39-21(36)23(24,25)26/h2,4,10-12,18H,3,5-9H2,1H3,(H,30,35)(H,33,34)(H,28,29,31,32). The second-order valence-corrected chi connectivity index (χ2v) is 8.28. The molecule has 1 saturated heterocycles. The summed E-state index contributed by atoms with van der Waals surface area (Å²) >= 11 is 0. The van der Waals surface area contributed by atoms with Gasteiger partial charge in [-0.15, -0.1) is 0 Å². The molecule has 210 valence electrons. The van der Waals surface area contributed by atoms with Crippen molar-refractivity contribution in [2.24, 2.45) is 5.92 Å². The highest BCUT2D eigenvalue weighted by atomic mass is 19.4. The van der Waals surface area contributed by atoms with Crippen molar-refractivity contribution in [2.45, 2.75) is 37.9 Å². The molecule has 0 spiro atoms. The van der Waals surface area contributed by atoms with Crippen LogP contribution in [0.1, 0.15) is 47.6 Å². The van der Waals surface area contributed by atoms with E-state index in [4.69, 9.17) is 14.6 Å². The Hall–Kier alpha value is -4.34. The number of aromatic nitrogens is 3. The molecular weight excluding hydrogens is 531 g/mol. The Morgan fingerprint density at radius 2 is 1.85 bits per heavy atom. The number of carboxylic acid groups (broad SMARTS) is 1. The number of ether oxygens (including phenoxy) is 3. The van der Waals surface area contributed by atoms with E-state index in [2.05, 4.69) is 30.3 Å². The average Bonchev–Trinajstić information content (AvgIpc) is 2.90. The summed E-state index contributed by atoms with van der Waals surface area (Å²) in [5.74, 6) is -7.21. The van der Waals surface area contributed by atoms with Crippen LogP contribution in [0.2, 0.25) is 0 Å². The van der Waals surface area contributed by atoms with Crippen LogP contribution >= 0.6 is 0 Å². The molecule has 1 unspecified atom stereocenters. The quantitative estimate of drug-likeness (QED) is 0.365. The number of carbonyl (C=O) groups is 4. The Morgan fingerprint density at radius 1 is 1.13 bits per heavy atom. The second kappa shape index (κ2) is 12.9. The molecule has 0 saturated carbocycles. The van der Waals surface area contributed by atoms with Gasteiger partial charge in [0.05, 0.1) is 19.6 Å².